The molecule has 1 aliphatic carbocycles. The highest BCUT2D eigenvalue weighted by atomic mass is 35.5. The molecule has 1 aliphatic rings. The summed E-state index contributed by atoms with van der Waals surface area (Å²) < 4.78 is 10.5. The number of nitrogen functional groups attached to an aromatic ring is 1. The molecule has 5 nitrogen and oxygen atoms in total. The van der Waals surface area contributed by atoms with Crippen molar-refractivity contribution in [1.82, 2.24) is 10.1 Å². The minimum atomic E-state index is 0.411. The van der Waals surface area contributed by atoms with E-state index in [2.05, 4.69) is 10.1 Å². The van der Waals surface area contributed by atoms with Crippen LogP contribution < -0.4 is 10.5 Å². The Morgan fingerprint density at radius 3 is 2.95 bits per heavy atom. The average Bonchev–Trinajstić information content (AvgIpc) is 3.08. The lowest BCUT2D eigenvalue weighted by molar-refractivity contribution is 0.402. The Kier molecular flexibility index (Phi) is 3.06. The number of ether oxygens (including phenoxy) is 1. The first-order valence-corrected chi connectivity index (χ1v) is 6.51. The van der Waals surface area contributed by atoms with Crippen LogP contribution in [0.15, 0.2) is 16.7 Å². The monoisotopic (exact) mass is 279 g/mol. The van der Waals surface area contributed by atoms with Crippen molar-refractivity contribution in [3.05, 3.63) is 23.0 Å². The molecule has 0 spiro atoms. The van der Waals surface area contributed by atoms with Crippen LogP contribution in [0.3, 0.4) is 0 Å². The SMILES string of the molecule is COc1cc(N)c(Cl)cc1-c1nc(CC2CC2)no1. The van der Waals surface area contributed by atoms with Gasteiger partial charge in [0.15, 0.2) is 5.82 Å². The first-order chi connectivity index (χ1) is 9.17. The molecule has 1 aromatic carbocycles. The minimum Gasteiger partial charge on any atom is -0.496 e. The lowest BCUT2D eigenvalue weighted by Gasteiger charge is -2.07. The van der Waals surface area contributed by atoms with Crippen molar-refractivity contribution in [3.8, 4) is 17.2 Å². The lowest BCUT2D eigenvalue weighted by Crippen LogP contribution is -1.94. The summed E-state index contributed by atoms with van der Waals surface area (Å²) >= 11 is 6.02. The van der Waals surface area contributed by atoms with E-state index in [-0.39, 0.29) is 0 Å². The van der Waals surface area contributed by atoms with Crippen LogP contribution in [0.1, 0.15) is 18.7 Å². The molecular formula is C13H14ClN3O2. The molecule has 0 atom stereocenters. The molecule has 2 aromatic rings. The Hall–Kier alpha value is -1.75. The number of aromatic nitrogens is 2. The van der Waals surface area contributed by atoms with Crippen molar-refractivity contribution >= 4 is 17.3 Å². The zero-order chi connectivity index (χ0) is 13.4. The molecule has 0 saturated heterocycles. The van der Waals surface area contributed by atoms with Crippen LogP contribution >= 0.6 is 11.6 Å². The highest BCUT2D eigenvalue weighted by Gasteiger charge is 2.24. The van der Waals surface area contributed by atoms with Crippen LogP contribution in [0, 0.1) is 5.92 Å². The Labute approximate surface area is 115 Å². The maximum Gasteiger partial charge on any atom is 0.261 e. The molecule has 3 rings (SSSR count). The number of hydrogen-bond acceptors (Lipinski definition) is 5. The van der Waals surface area contributed by atoms with Gasteiger partial charge in [-0.3, -0.25) is 0 Å². The summed E-state index contributed by atoms with van der Waals surface area (Å²) in [5, 5.41) is 4.43. The highest BCUT2D eigenvalue weighted by Crippen LogP contribution is 2.36. The molecule has 100 valence electrons. The number of halogens is 1. The number of anilines is 1. The van der Waals surface area contributed by atoms with Crippen LogP contribution in [0.5, 0.6) is 5.75 Å². The summed E-state index contributed by atoms with van der Waals surface area (Å²) in [6.07, 6.45) is 3.37. The predicted molar refractivity (Wildman–Crippen MR) is 72.1 cm³/mol. The van der Waals surface area contributed by atoms with Gasteiger partial charge in [-0.25, -0.2) is 0 Å². The predicted octanol–water partition coefficient (Wildman–Crippen LogP) is 2.93. The van der Waals surface area contributed by atoms with E-state index in [4.69, 9.17) is 26.6 Å². The summed E-state index contributed by atoms with van der Waals surface area (Å²) in [7, 11) is 1.56. The summed E-state index contributed by atoms with van der Waals surface area (Å²) in [5.41, 5.74) is 6.87. The van der Waals surface area contributed by atoms with Gasteiger partial charge in [0.2, 0.25) is 0 Å². The van der Waals surface area contributed by atoms with Gasteiger partial charge in [-0.05, 0) is 24.8 Å². The summed E-state index contributed by atoms with van der Waals surface area (Å²) in [5.74, 6) is 2.42. The second kappa shape index (κ2) is 4.74. The van der Waals surface area contributed by atoms with Crippen molar-refractivity contribution in [2.24, 2.45) is 5.92 Å². The van der Waals surface area contributed by atoms with Crippen LogP contribution in [-0.4, -0.2) is 17.3 Å². The lowest BCUT2D eigenvalue weighted by atomic mass is 10.1. The Morgan fingerprint density at radius 1 is 1.47 bits per heavy atom. The quantitative estimate of drug-likeness (QED) is 0.871. The second-order valence-electron chi connectivity index (χ2n) is 4.74. The molecule has 2 N–H and O–H groups in total. The molecule has 1 aromatic heterocycles. The molecule has 0 bridgehead atoms. The zero-order valence-corrected chi connectivity index (χ0v) is 11.3. The Balaban J connectivity index is 1.95. The highest BCUT2D eigenvalue weighted by molar-refractivity contribution is 6.33. The van der Waals surface area contributed by atoms with Crippen LogP contribution in [0.25, 0.3) is 11.5 Å². The molecule has 1 heterocycles. The molecule has 6 heteroatoms. The second-order valence-corrected chi connectivity index (χ2v) is 5.14. The first kappa shape index (κ1) is 12.3. The third-order valence-corrected chi connectivity index (χ3v) is 3.51. The molecule has 1 fully saturated rings. The fourth-order valence-electron chi connectivity index (χ4n) is 1.93. The van der Waals surface area contributed by atoms with Gasteiger partial charge in [0, 0.05) is 12.5 Å². The maximum absolute atomic E-state index is 6.02. The van der Waals surface area contributed by atoms with Gasteiger partial charge in [-0.15, -0.1) is 0 Å². The third-order valence-electron chi connectivity index (χ3n) is 3.19. The minimum absolute atomic E-state index is 0.411. The van der Waals surface area contributed by atoms with Gasteiger partial charge in [-0.1, -0.05) is 16.8 Å². The van der Waals surface area contributed by atoms with E-state index < -0.39 is 0 Å². The fourth-order valence-corrected chi connectivity index (χ4v) is 2.10. The molecule has 0 amide bonds. The number of benzene rings is 1. The van der Waals surface area contributed by atoms with Crippen molar-refractivity contribution < 1.29 is 9.26 Å². The number of hydrogen-bond donors (Lipinski definition) is 1. The van der Waals surface area contributed by atoms with Gasteiger partial charge in [0.25, 0.3) is 5.89 Å². The molecule has 0 radical (unpaired) electrons. The first-order valence-electron chi connectivity index (χ1n) is 6.13. The van der Waals surface area contributed by atoms with Crippen molar-refractivity contribution in [2.45, 2.75) is 19.3 Å². The summed E-state index contributed by atoms with van der Waals surface area (Å²) in [4.78, 5) is 4.38. The topological polar surface area (TPSA) is 74.2 Å². The standard InChI is InChI=1S/C13H14ClN3O2/c1-18-11-6-10(15)9(14)5-8(11)13-16-12(17-19-13)4-7-2-3-7/h5-7H,2-4,15H2,1H3. The van der Waals surface area contributed by atoms with E-state index in [0.29, 0.717) is 33.8 Å². The molecule has 0 unspecified atom stereocenters. The van der Waals surface area contributed by atoms with Crippen LogP contribution in [-0.2, 0) is 6.42 Å². The van der Waals surface area contributed by atoms with Gasteiger partial charge >= 0.3 is 0 Å². The van der Waals surface area contributed by atoms with Gasteiger partial charge in [-0.2, -0.15) is 4.98 Å². The van der Waals surface area contributed by atoms with Crippen molar-refractivity contribution in [3.63, 3.8) is 0 Å². The number of methoxy groups -OCH3 is 1. The molecule has 19 heavy (non-hydrogen) atoms. The fraction of sp³-hybridized carbons (Fsp3) is 0.385. The zero-order valence-electron chi connectivity index (χ0n) is 10.5. The van der Waals surface area contributed by atoms with E-state index in [0.717, 1.165) is 12.2 Å². The number of nitrogens with zero attached hydrogens (tertiary/aromatic N) is 2. The van der Waals surface area contributed by atoms with E-state index in [9.17, 15) is 0 Å². The molecule has 0 aliphatic heterocycles. The van der Waals surface area contributed by atoms with Gasteiger partial charge in [0.1, 0.15) is 5.75 Å². The van der Waals surface area contributed by atoms with Crippen molar-refractivity contribution in [1.29, 1.82) is 0 Å². The summed E-state index contributed by atoms with van der Waals surface area (Å²) in [6.45, 7) is 0. The largest absolute Gasteiger partial charge is 0.496 e. The number of rotatable bonds is 4. The van der Waals surface area contributed by atoms with E-state index in [1.165, 1.54) is 12.8 Å². The molecule has 1 saturated carbocycles. The molecular weight excluding hydrogens is 266 g/mol. The normalized spacial score (nSPS) is 14.6. The van der Waals surface area contributed by atoms with Crippen molar-refractivity contribution in [2.75, 3.05) is 12.8 Å². The van der Waals surface area contributed by atoms with Gasteiger partial charge in [0.05, 0.1) is 23.4 Å². The van der Waals surface area contributed by atoms with Crippen LogP contribution in [0.2, 0.25) is 5.02 Å². The van der Waals surface area contributed by atoms with E-state index in [1.54, 1.807) is 19.2 Å². The third kappa shape index (κ3) is 2.51. The summed E-state index contributed by atoms with van der Waals surface area (Å²) in [6, 6.07) is 3.34. The smallest absolute Gasteiger partial charge is 0.261 e. The van der Waals surface area contributed by atoms with E-state index >= 15 is 0 Å². The van der Waals surface area contributed by atoms with Gasteiger partial charge < -0.3 is 15.0 Å². The Morgan fingerprint density at radius 2 is 2.26 bits per heavy atom. The van der Waals surface area contributed by atoms with E-state index in [1.807, 2.05) is 0 Å². The Bertz CT molecular complexity index is 608. The average molecular weight is 280 g/mol. The number of nitrogens with two attached hydrogens (primary N) is 1. The maximum atomic E-state index is 6.02. The van der Waals surface area contributed by atoms with Crippen LogP contribution in [0.4, 0.5) is 5.69 Å².